The average molecular weight is 267 g/mol. The van der Waals surface area contributed by atoms with Gasteiger partial charge in [-0.05, 0) is 24.6 Å². The van der Waals surface area contributed by atoms with Crippen molar-refractivity contribution < 1.29 is 0 Å². The van der Waals surface area contributed by atoms with Gasteiger partial charge in [0.1, 0.15) is 0 Å². The van der Waals surface area contributed by atoms with Crippen molar-refractivity contribution in [3.05, 3.63) is 60.8 Å². The fraction of sp³-hybridized carbons (Fsp3) is 0.316. The maximum Gasteiger partial charge on any atom is 0.0701 e. The number of unbranched alkanes of at least 4 members (excludes halogenated alkanes) is 2. The summed E-state index contributed by atoms with van der Waals surface area (Å²) in [5, 5.41) is 0. The second-order valence-corrected chi connectivity index (χ2v) is 4.93. The lowest BCUT2D eigenvalue weighted by Crippen LogP contribution is -1.83. The highest BCUT2D eigenvalue weighted by atomic mass is 14.7. The van der Waals surface area contributed by atoms with Crippen LogP contribution in [0.1, 0.15) is 45.6 Å². The van der Waals surface area contributed by atoms with E-state index in [-0.39, 0.29) is 0 Å². The molecule has 2 aromatic rings. The monoisotopic (exact) mass is 267 g/mol. The van der Waals surface area contributed by atoms with Crippen LogP contribution in [-0.2, 0) is 0 Å². The molecule has 20 heavy (non-hydrogen) atoms. The van der Waals surface area contributed by atoms with E-state index in [1.165, 1.54) is 24.8 Å². The van der Waals surface area contributed by atoms with Crippen LogP contribution in [0.15, 0.2) is 55.2 Å². The Morgan fingerprint density at radius 1 is 1.00 bits per heavy atom. The Kier molecular flexibility index (Phi) is 7.34. The van der Waals surface area contributed by atoms with Gasteiger partial charge in [-0.2, -0.15) is 0 Å². The lowest BCUT2D eigenvalue weighted by atomic mass is 10.0. The zero-order chi connectivity index (χ0) is 14.8. The van der Waals surface area contributed by atoms with Crippen molar-refractivity contribution >= 4 is 5.57 Å². The van der Waals surface area contributed by atoms with Gasteiger partial charge in [0.05, 0.1) is 5.69 Å². The maximum absolute atomic E-state index is 4.30. The van der Waals surface area contributed by atoms with E-state index in [0.29, 0.717) is 0 Å². The molecule has 0 aliphatic rings. The van der Waals surface area contributed by atoms with Gasteiger partial charge in [-0.15, -0.1) is 0 Å². The average Bonchev–Trinajstić information content (AvgIpc) is 2.50. The lowest BCUT2D eigenvalue weighted by Gasteiger charge is -2.02. The molecule has 0 spiro atoms. The molecule has 0 bridgehead atoms. The molecule has 1 nitrogen and oxygen atoms in total. The molecule has 0 N–H and O–H groups in total. The second-order valence-electron chi connectivity index (χ2n) is 4.93. The Balaban J connectivity index is 0.000000347. The van der Waals surface area contributed by atoms with Gasteiger partial charge in [-0.1, -0.05) is 75.6 Å². The molecule has 0 saturated heterocycles. The number of benzene rings is 1. The van der Waals surface area contributed by atoms with Crippen LogP contribution in [0.25, 0.3) is 16.8 Å². The normalized spacial score (nSPS) is 9.55. The zero-order valence-corrected chi connectivity index (χ0v) is 12.9. The van der Waals surface area contributed by atoms with Gasteiger partial charge in [0, 0.05) is 11.8 Å². The maximum atomic E-state index is 4.30. The van der Waals surface area contributed by atoms with Crippen LogP contribution in [0.5, 0.6) is 0 Å². The predicted octanol–water partition coefficient (Wildman–Crippen LogP) is 5.98. The molecular weight excluding hydrogens is 242 g/mol. The highest BCUT2D eigenvalue weighted by molar-refractivity contribution is 5.66. The van der Waals surface area contributed by atoms with Gasteiger partial charge in [0.2, 0.25) is 0 Å². The summed E-state index contributed by atoms with van der Waals surface area (Å²) in [6, 6.07) is 14.2. The molecule has 0 fully saturated rings. The lowest BCUT2D eigenvalue weighted by molar-refractivity contribution is 0.772. The highest BCUT2D eigenvalue weighted by Crippen LogP contribution is 2.19. The molecule has 0 aliphatic carbocycles. The fourth-order valence-corrected chi connectivity index (χ4v) is 1.81. The van der Waals surface area contributed by atoms with Gasteiger partial charge in [-0.25, -0.2) is 0 Å². The standard InChI is InChI=1S/C14H13N.C5H12/c1-11(2)12-6-8-13(9-7-12)14-5-3-4-10-15-14;1-3-5-4-2/h3-10H,1H2,2H3;3-5H2,1-2H3. The number of allylic oxidation sites excluding steroid dienone is 1. The fourth-order valence-electron chi connectivity index (χ4n) is 1.81. The Bertz CT molecular complexity index is 495. The first-order chi connectivity index (χ1) is 9.69. The van der Waals surface area contributed by atoms with Crippen molar-refractivity contribution in [3.8, 4) is 11.3 Å². The second kappa shape index (κ2) is 9.08. The Hall–Kier alpha value is -1.89. The summed E-state index contributed by atoms with van der Waals surface area (Å²) in [4.78, 5) is 4.30. The third-order valence-electron chi connectivity index (χ3n) is 3.05. The van der Waals surface area contributed by atoms with Crippen LogP contribution < -0.4 is 0 Å². The van der Waals surface area contributed by atoms with E-state index in [0.717, 1.165) is 16.8 Å². The summed E-state index contributed by atoms with van der Waals surface area (Å²) in [6.07, 6.45) is 5.88. The molecule has 0 amide bonds. The summed E-state index contributed by atoms with van der Waals surface area (Å²) in [7, 11) is 0. The third-order valence-corrected chi connectivity index (χ3v) is 3.05. The van der Waals surface area contributed by atoms with Gasteiger partial charge in [0.25, 0.3) is 0 Å². The number of rotatable bonds is 4. The summed E-state index contributed by atoms with van der Waals surface area (Å²) in [5.74, 6) is 0. The Morgan fingerprint density at radius 3 is 2.05 bits per heavy atom. The first kappa shape index (κ1) is 16.2. The van der Waals surface area contributed by atoms with Crippen LogP contribution in [-0.4, -0.2) is 4.98 Å². The van der Waals surface area contributed by atoms with E-state index in [9.17, 15) is 0 Å². The summed E-state index contributed by atoms with van der Waals surface area (Å²) in [5.41, 5.74) is 4.41. The van der Waals surface area contributed by atoms with E-state index < -0.39 is 0 Å². The Morgan fingerprint density at radius 2 is 1.65 bits per heavy atom. The Labute approximate surface area is 123 Å². The number of nitrogens with zero attached hydrogens (tertiary/aromatic N) is 1. The molecule has 106 valence electrons. The minimum atomic E-state index is 1.01. The molecule has 0 unspecified atom stereocenters. The number of aromatic nitrogens is 1. The first-order valence-corrected chi connectivity index (χ1v) is 7.36. The van der Waals surface area contributed by atoms with Crippen molar-refractivity contribution in [3.63, 3.8) is 0 Å². The molecule has 2 rings (SSSR count). The molecule has 0 radical (unpaired) electrons. The molecule has 1 heterocycles. The topological polar surface area (TPSA) is 12.9 Å². The van der Waals surface area contributed by atoms with E-state index >= 15 is 0 Å². The van der Waals surface area contributed by atoms with Crippen molar-refractivity contribution in [2.75, 3.05) is 0 Å². The summed E-state index contributed by atoms with van der Waals surface area (Å²) >= 11 is 0. The largest absolute Gasteiger partial charge is 0.256 e. The summed E-state index contributed by atoms with van der Waals surface area (Å²) < 4.78 is 0. The quantitative estimate of drug-likeness (QED) is 0.664. The summed E-state index contributed by atoms with van der Waals surface area (Å²) in [6.45, 7) is 10.3. The van der Waals surface area contributed by atoms with Crippen molar-refractivity contribution in [2.45, 2.75) is 40.0 Å². The SMILES string of the molecule is C=C(C)c1ccc(-c2ccccn2)cc1.CCCCC. The van der Waals surface area contributed by atoms with E-state index in [1.807, 2.05) is 31.3 Å². The van der Waals surface area contributed by atoms with Gasteiger partial charge in [-0.3, -0.25) is 4.98 Å². The molecule has 0 atom stereocenters. The number of pyridine rings is 1. The molecule has 0 aliphatic heterocycles. The predicted molar refractivity (Wildman–Crippen MR) is 89.6 cm³/mol. The van der Waals surface area contributed by atoms with E-state index in [2.05, 4.69) is 49.7 Å². The molecule has 0 saturated carbocycles. The van der Waals surface area contributed by atoms with Crippen LogP contribution in [0.3, 0.4) is 0 Å². The van der Waals surface area contributed by atoms with Gasteiger partial charge in [0.15, 0.2) is 0 Å². The van der Waals surface area contributed by atoms with Crippen LogP contribution in [0.4, 0.5) is 0 Å². The van der Waals surface area contributed by atoms with Crippen LogP contribution in [0, 0.1) is 0 Å². The number of hydrogen-bond acceptors (Lipinski definition) is 1. The van der Waals surface area contributed by atoms with E-state index in [4.69, 9.17) is 0 Å². The first-order valence-electron chi connectivity index (χ1n) is 7.36. The zero-order valence-electron chi connectivity index (χ0n) is 12.9. The van der Waals surface area contributed by atoms with Crippen LogP contribution in [0.2, 0.25) is 0 Å². The molecular formula is C19H25N. The van der Waals surface area contributed by atoms with E-state index in [1.54, 1.807) is 0 Å². The third kappa shape index (κ3) is 5.40. The minimum absolute atomic E-state index is 1.01. The van der Waals surface area contributed by atoms with Crippen molar-refractivity contribution in [2.24, 2.45) is 0 Å². The van der Waals surface area contributed by atoms with Crippen LogP contribution >= 0.6 is 0 Å². The molecule has 1 heteroatoms. The highest BCUT2D eigenvalue weighted by Gasteiger charge is 1.98. The smallest absolute Gasteiger partial charge is 0.0701 e. The molecule has 1 aromatic heterocycles. The van der Waals surface area contributed by atoms with Crippen molar-refractivity contribution in [1.29, 1.82) is 0 Å². The van der Waals surface area contributed by atoms with Crippen molar-refractivity contribution in [1.82, 2.24) is 4.98 Å². The molecule has 1 aromatic carbocycles. The van der Waals surface area contributed by atoms with Gasteiger partial charge < -0.3 is 0 Å². The number of hydrogen-bond donors (Lipinski definition) is 0. The van der Waals surface area contributed by atoms with Gasteiger partial charge >= 0.3 is 0 Å². The minimum Gasteiger partial charge on any atom is -0.256 e.